The van der Waals surface area contributed by atoms with Crippen LogP contribution in [0.3, 0.4) is 0 Å². The molecule has 3 rings (SSSR count). The molecule has 0 bridgehead atoms. The summed E-state index contributed by atoms with van der Waals surface area (Å²) < 4.78 is 10.7. The molecule has 0 saturated carbocycles. The molecule has 2 aliphatic heterocycles. The third-order valence-corrected chi connectivity index (χ3v) is 3.53. The summed E-state index contributed by atoms with van der Waals surface area (Å²) in [5, 5.41) is 0. The molecular weight excluding hydrogens is 232 g/mol. The van der Waals surface area contributed by atoms with Gasteiger partial charge in [-0.05, 0) is 31.0 Å². The van der Waals surface area contributed by atoms with Crippen LogP contribution in [0.4, 0.5) is 0 Å². The van der Waals surface area contributed by atoms with Crippen LogP contribution in [0.5, 0.6) is 11.5 Å². The van der Waals surface area contributed by atoms with Crippen LogP contribution in [0.1, 0.15) is 16.8 Å². The summed E-state index contributed by atoms with van der Waals surface area (Å²) in [7, 11) is 0. The van der Waals surface area contributed by atoms with E-state index in [0.717, 1.165) is 19.5 Å². The molecule has 96 valence electrons. The van der Waals surface area contributed by atoms with Crippen LogP contribution in [0.2, 0.25) is 0 Å². The Morgan fingerprint density at radius 1 is 1.44 bits per heavy atom. The third kappa shape index (κ3) is 1.80. The summed E-state index contributed by atoms with van der Waals surface area (Å²) >= 11 is 0. The van der Waals surface area contributed by atoms with Gasteiger partial charge >= 0.3 is 0 Å². The van der Waals surface area contributed by atoms with Crippen molar-refractivity contribution in [3.05, 3.63) is 23.8 Å². The molecular formula is C13H16N2O3. The second-order valence-electron chi connectivity index (χ2n) is 4.68. The topological polar surface area (TPSA) is 64.8 Å². The van der Waals surface area contributed by atoms with E-state index in [1.54, 1.807) is 6.07 Å². The second kappa shape index (κ2) is 4.49. The average molecular weight is 248 g/mol. The third-order valence-electron chi connectivity index (χ3n) is 3.53. The first-order chi connectivity index (χ1) is 8.79. The summed E-state index contributed by atoms with van der Waals surface area (Å²) in [6, 6.07) is 5.41. The van der Waals surface area contributed by atoms with Gasteiger partial charge < -0.3 is 20.1 Å². The summed E-state index contributed by atoms with van der Waals surface area (Å²) in [5.41, 5.74) is 6.23. The molecule has 1 fully saturated rings. The van der Waals surface area contributed by atoms with Gasteiger partial charge in [-0.25, -0.2) is 0 Å². The van der Waals surface area contributed by atoms with E-state index in [1.807, 2.05) is 17.0 Å². The van der Waals surface area contributed by atoms with Gasteiger partial charge in [-0.2, -0.15) is 0 Å². The quantitative estimate of drug-likeness (QED) is 0.842. The van der Waals surface area contributed by atoms with Crippen molar-refractivity contribution in [1.82, 2.24) is 4.90 Å². The number of hydrogen-bond donors (Lipinski definition) is 1. The molecule has 1 aromatic rings. The molecule has 5 heteroatoms. The molecule has 18 heavy (non-hydrogen) atoms. The zero-order valence-electron chi connectivity index (χ0n) is 10.1. The van der Waals surface area contributed by atoms with E-state index in [-0.39, 0.29) is 12.7 Å². The van der Waals surface area contributed by atoms with E-state index in [0.29, 0.717) is 29.5 Å². The molecule has 2 N–H and O–H groups in total. The smallest absolute Gasteiger partial charge is 0.257 e. The standard InChI is InChI=1S/C13H16N2O3/c14-6-9-4-5-15(7-9)13(16)10-2-1-3-11-12(10)18-8-17-11/h1-3,9H,4-8,14H2/t9-/m0/s1. The maximum absolute atomic E-state index is 12.4. The highest BCUT2D eigenvalue weighted by Crippen LogP contribution is 2.36. The van der Waals surface area contributed by atoms with Gasteiger partial charge in [0.15, 0.2) is 11.5 Å². The summed E-state index contributed by atoms with van der Waals surface area (Å²) in [6.45, 7) is 2.33. The zero-order chi connectivity index (χ0) is 12.5. The number of likely N-dealkylation sites (tertiary alicyclic amines) is 1. The molecule has 0 aromatic heterocycles. The Labute approximate surface area is 105 Å². The lowest BCUT2D eigenvalue weighted by atomic mass is 10.1. The number of carbonyl (C=O) groups excluding carboxylic acids is 1. The fourth-order valence-electron chi connectivity index (χ4n) is 2.48. The highest BCUT2D eigenvalue weighted by molar-refractivity contribution is 5.98. The summed E-state index contributed by atoms with van der Waals surface area (Å²) in [4.78, 5) is 14.3. The first-order valence-electron chi connectivity index (χ1n) is 6.17. The van der Waals surface area contributed by atoms with Crippen molar-refractivity contribution in [3.63, 3.8) is 0 Å². The minimum absolute atomic E-state index is 0.00769. The lowest BCUT2D eigenvalue weighted by Gasteiger charge is -2.17. The number of benzene rings is 1. The largest absolute Gasteiger partial charge is 0.454 e. The van der Waals surface area contributed by atoms with Crippen LogP contribution in [0.25, 0.3) is 0 Å². The number of nitrogens with zero attached hydrogens (tertiary/aromatic N) is 1. The first-order valence-corrected chi connectivity index (χ1v) is 6.17. The average Bonchev–Trinajstić information content (AvgIpc) is 3.05. The Hall–Kier alpha value is -1.75. The van der Waals surface area contributed by atoms with Gasteiger partial charge in [-0.1, -0.05) is 6.07 Å². The van der Waals surface area contributed by atoms with E-state index in [2.05, 4.69) is 0 Å². The molecule has 1 atom stereocenters. The molecule has 0 radical (unpaired) electrons. The number of amides is 1. The molecule has 0 aliphatic carbocycles. The van der Waals surface area contributed by atoms with Crippen molar-refractivity contribution in [2.45, 2.75) is 6.42 Å². The molecule has 2 heterocycles. The fraction of sp³-hybridized carbons (Fsp3) is 0.462. The van der Waals surface area contributed by atoms with Gasteiger partial charge in [-0.3, -0.25) is 4.79 Å². The minimum Gasteiger partial charge on any atom is -0.454 e. The van der Waals surface area contributed by atoms with E-state index < -0.39 is 0 Å². The van der Waals surface area contributed by atoms with Crippen LogP contribution in [0.15, 0.2) is 18.2 Å². The summed E-state index contributed by atoms with van der Waals surface area (Å²) in [6.07, 6.45) is 0.981. The van der Waals surface area contributed by atoms with Crippen molar-refractivity contribution in [1.29, 1.82) is 0 Å². The van der Waals surface area contributed by atoms with Crippen molar-refractivity contribution in [3.8, 4) is 11.5 Å². The highest BCUT2D eigenvalue weighted by Gasteiger charge is 2.29. The maximum Gasteiger partial charge on any atom is 0.257 e. The van der Waals surface area contributed by atoms with Crippen molar-refractivity contribution < 1.29 is 14.3 Å². The zero-order valence-corrected chi connectivity index (χ0v) is 10.1. The lowest BCUT2D eigenvalue weighted by molar-refractivity contribution is 0.0783. The van der Waals surface area contributed by atoms with Crippen LogP contribution in [0, 0.1) is 5.92 Å². The molecule has 1 amide bonds. The molecule has 0 spiro atoms. The maximum atomic E-state index is 12.4. The van der Waals surface area contributed by atoms with Crippen LogP contribution in [-0.2, 0) is 0 Å². The monoisotopic (exact) mass is 248 g/mol. The number of fused-ring (bicyclic) bond motifs is 1. The van der Waals surface area contributed by atoms with E-state index >= 15 is 0 Å². The van der Waals surface area contributed by atoms with Gasteiger partial charge in [0.1, 0.15) is 0 Å². The van der Waals surface area contributed by atoms with Gasteiger partial charge in [0.2, 0.25) is 6.79 Å². The number of carbonyl (C=O) groups is 1. The second-order valence-corrected chi connectivity index (χ2v) is 4.68. The van der Waals surface area contributed by atoms with Crippen LogP contribution >= 0.6 is 0 Å². The Balaban J connectivity index is 1.83. The van der Waals surface area contributed by atoms with E-state index in [1.165, 1.54) is 0 Å². The van der Waals surface area contributed by atoms with Crippen molar-refractivity contribution >= 4 is 5.91 Å². The predicted octanol–water partition coefficient (Wildman–Crippen LogP) is 0.836. The van der Waals surface area contributed by atoms with E-state index in [9.17, 15) is 4.79 Å². The van der Waals surface area contributed by atoms with Gasteiger partial charge in [0.05, 0.1) is 5.56 Å². The molecule has 0 unspecified atom stereocenters. The lowest BCUT2D eigenvalue weighted by Crippen LogP contribution is -2.30. The molecule has 5 nitrogen and oxygen atoms in total. The Kier molecular flexibility index (Phi) is 2.83. The Bertz CT molecular complexity index is 475. The van der Waals surface area contributed by atoms with Gasteiger partial charge in [0, 0.05) is 13.1 Å². The number of hydrogen-bond acceptors (Lipinski definition) is 4. The predicted molar refractivity (Wildman–Crippen MR) is 65.6 cm³/mol. The van der Waals surface area contributed by atoms with E-state index in [4.69, 9.17) is 15.2 Å². The minimum atomic E-state index is 0.00769. The van der Waals surface area contributed by atoms with Crippen LogP contribution in [-0.4, -0.2) is 37.2 Å². The van der Waals surface area contributed by atoms with Crippen LogP contribution < -0.4 is 15.2 Å². The Morgan fingerprint density at radius 2 is 2.33 bits per heavy atom. The first kappa shape index (κ1) is 11.3. The van der Waals surface area contributed by atoms with Gasteiger partial charge in [-0.15, -0.1) is 0 Å². The molecule has 1 saturated heterocycles. The number of ether oxygens (including phenoxy) is 2. The Morgan fingerprint density at radius 3 is 3.11 bits per heavy atom. The fourth-order valence-corrected chi connectivity index (χ4v) is 2.48. The number of rotatable bonds is 2. The summed E-state index contributed by atoms with van der Waals surface area (Å²) in [5.74, 6) is 1.64. The number of nitrogens with two attached hydrogens (primary N) is 1. The van der Waals surface area contributed by atoms with Crippen molar-refractivity contribution in [2.75, 3.05) is 26.4 Å². The van der Waals surface area contributed by atoms with Crippen molar-refractivity contribution in [2.24, 2.45) is 11.7 Å². The number of para-hydroxylation sites is 1. The SMILES string of the molecule is NC[C@@H]1CCN(C(=O)c2cccc3c2OCO3)C1. The normalized spacial score (nSPS) is 21.4. The van der Waals surface area contributed by atoms with Gasteiger partial charge in [0.25, 0.3) is 5.91 Å². The highest BCUT2D eigenvalue weighted by atomic mass is 16.7. The molecule has 2 aliphatic rings. The molecule has 1 aromatic carbocycles.